The first-order valence-electron chi connectivity index (χ1n) is 8.14. The number of hydrogen-bond donors (Lipinski definition) is 1. The smallest absolute Gasteiger partial charge is 0.251 e. The minimum Gasteiger partial charge on any atom is -0.346 e. The van der Waals surface area contributed by atoms with Crippen LogP contribution in [0.2, 0.25) is 0 Å². The number of sulfonamides is 1. The van der Waals surface area contributed by atoms with Crippen LogP contribution in [-0.2, 0) is 10.0 Å². The summed E-state index contributed by atoms with van der Waals surface area (Å²) in [5.74, 6) is -0.736. The molecule has 0 saturated carbocycles. The molecule has 2 aromatic carbocycles. The van der Waals surface area contributed by atoms with Gasteiger partial charge in [-0.3, -0.25) is 4.79 Å². The first-order valence-corrected chi connectivity index (χ1v) is 9.58. The zero-order valence-corrected chi connectivity index (χ0v) is 16.3. The van der Waals surface area contributed by atoms with Crippen LogP contribution in [0.4, 0.5) is 4.39 Å². The molecule has 7 heteroatoms. The van der Waals surface area contributed by atoms with E-state index in [9.17, 15) is 17.6 Å². The SMILES string of the molecule is Cc1cc(C(=O)NC(C)c2ccc(F)cc2)cc(S(=O)(=O)N(C)C)c1C. The van der Waals surface area contributed by atoms with Crippen LogP contribution in [0.3, 0.4) is 0 Å². The van der Waals surface area contributed by atoms with Crippen LogP contribution in [0, 0.1) is 19.7 Å². The number of nitrogens with zero attached hydrogens (tertiary/aromatic N) is 1. The Labute approximate surface area is 153 Å². The summed E-state index contributed by atoms with van der Waals surface area (Å²) in [5, 5.41) is 2.82. The van der Waals surface area contributed by atoms with E-state index in [1.807, 2.05) is 0 Å². The van der Waals surface area contributed by atoms with E-state index in [4.69, 9.17) is 0 Å². The van der Waals surface area contributed by atoms with Gasteiger partial charge in [-0.05, 0) is 61.7 Å². The summed E-state index contributed by atoms with van der Waals surface area (Å²) in [6.07, 6.45) is 0. The average Bonchev–Trinajstić information content (AvgIpc) is 2.57. The van der Waals surface area contributed by atoms with E-state index < -0.39 is 10.0 Å². The van der Waals surface area contributed by atoms with Gasteiger partial charge in [0.1, 0.15) is 5.82 Å². The van der Waals surface area contributed by atoms with E-state index in [0.29, 0.717) is 11.1 Å². The number of aryl methyl sites for hydroxylation is 1. The van der Waals surface area contributed by atoms with Crippen molar-refractivity contribution in [1.29, 1.82) is 0 Å². The molecule has 0 aliphatic carbocycles. The van der Waals surface area contributed by atoms with Crippen LogP contribution >= 0.6 is 0 Å². The van der Waals surface area contributed by atoms with Crippen LogP contribution in [0.1, 0.15) is 40.0 Å². The van der Waals surface area contributed by atoms with Gasteiger partial charge in [-0.25, -0.2) is 17.1 Å². The standard InChI is InChI=1S/C19H23FN2O3S/c1-12-10-16(11-18(13(12)2)26(24,25)22(4)5)19(23)21-14(3)15-6-8-17(20)9-7-15/h6-11,14H,1-5H3,(H,21,23). The molecule has 2 rings (SSSR count). The fourth-order valence-electron chi connectivity index (χ4n) is 2.54. The van der Waals surface area contributed by atoms with E-state index >= 15 is 0 Å². The Morgan fingerprint density at radius 1 is 1.12 bits per heavy atom. The maximum absolute atomic E-state index is 13.0. The number of carbonyl (C=O) groups is 1. The van der Waals surface area contributed by atoms with Gasteiger partial charge in [0.05, 0.1) is 10.9 Å². The Kier molecular flexibility index (Phi) is 5.83. The first kappa shape index (κ1) is 20.1. The fourth-order valence-corrected chi connectivity index (χ4v) is 3.75. The molecule has 5 nitrogen and oxygen atoms in total. The lowest BCUT2D eigenvalue weighted by Gasteiger charge is -2.18. The summed E-state index contributed by atoms with van der Waals surface area (Å²) < 4.78 is 39.2. The Hall–Kier alpha value is -2.25. The zero-order valence-electron chi connectivity index (χ0n) is 15.5. The summed E-state index contributed by atoms with van der Waals surface area (Å²) in [5.41, 5.74) is 2.35. The summed E-state index contributed by atoms with van der Waals surface area (Å²) >= 11 is 0. The molecule has 1 unspecified atom stereocenters. The van der Waals surface area contributed by atoms with E-state index in [1.54, 1.807) is 39.0 Å². The number of rotatable bonds is 5. The predicted octanol–water partition coefficient (Wildman–Crippen LogP) is 3.18. The molecule has 1 N–H and O–H groups in total. The van der Waals surface area contributed by atoms with Crippen molar-refractivity contribution >= 4 is 15.9 Å². The molecule has 26 heavy (non-hydrogen) atoms. The van der Waals surface area contributed by atoms with Crippen molar-refractivity contribution in [2.45, 2.75) is 31.7 Å². The molecule has 0 saturated heterocycles. The summed E-state index contributed by atoms with van der Waals surface area (Å²) in [6, 6.07) is 8.57. The molecule has 0 radical (unpaired) electrons. The molecule has 140 valence electrons. The molecule has 1 amide bonds. The van der Waals surface area contributed by atoms with Gasteiger partial charge >= 0.3 is 0 Å². The highest BCUT2D eigenvalue weighted by molar-refractivity contribution is 7.89. The van der Waals surface area contributed by atoms with Gasteiger partial charge in [-0.1, -0.05) is 12.1 Å². The topological polar surface area (TPSA) is 66.5 Å². The van der Waals surface area contributed by atoms with Crippen molar-refractivity contribution in [3.63, 3.8) is 0 Å². The normalized spacial score (nSPS) is 12.9. The van der Waals surface area contributed by atoms with Gasteiger partial charge < -0.3 is 5.32 Å². The highest BCUT2D eigenvalue weighted by atomic mass is 32.2. The first-order chi connectivity index (χ1) is 12.0. The van der Waals surface area contributed by atoms with Crippen molar-refractivity contribution in [2.24, 2.45) is 0 Å². The second-order valence-electron chi connectivity index (χ2n) is 6.45. The van der Waals surface area contributed by atoms with Crippen LogP contribution < -0.4 is 5.32 Å². The highest BCUT2D eigenvalue weighted by Gasteiger charge is 2.23. The largest absolute Gasteiger partial charge is 0.346 e. The Morgan fingerprint density at radius 3 is 2.23 bits per heavy atom. The van der Waals surface area contributed by atoms with Crippen molar-refractivity contribution in [3.05, 3.63) is 64.5 Å². The van der Waals surface area contributed by atoms with Crippen LogP contribution in [0.5, 0.6) is 0 Å². The van der Waals surface area contributed by atoms with Gasteiger partial charge in [0.15, 0.2) is 0 Å². The van der Waals surface area contributed by atoms with Crippen molar-refractivity contribution in [1.82, 2.24) is 9.62 Å². The molecule has 0 aliphatic heterocycles. The fraction of sp³-hybridized carbons (Fsp3) is 0.316. The van der Waals surface area contributed by atoms with Crippen molar-refractivity contribution in [2.75, 3.05) is 14.1 Å². The van der Waals surface area contributed by atoms with Crippen molar-refractivity contribution < 1.29 is 17.6 Å². The molecule has 0 aliphatic rings. The number of hydrogen-bond acceptors (Lipinski definition) is 3. The van der Waals surface area contributed by atoms with Gasteiger partial charge in [-0.2, -0.15) is 0 Å². The van der Waals surface area contributed by atoms with Gasteiger partial charge in [0.25, 0.3) is 5.91 Å². The summed E-state index contributed by atoms with van der Waals surface area (Å²) in [7, 11) is -0.756. The third-order valence-corrected chi connectivity index (χ3v) is 6.30. The van der Waals surface area contributed by atoms with E-state index in [0.717, 1.165) is 9.87 Å². The second kappa shape index (κ2) is 7.55. The number of benzene rings is 2. The lowest BCUT2D eigenvalue weighted by Crippen LogP contribution is -2.28. The van der Waals surface area contributed by atoms with Crippen LogP contribution in [-0.4, -0.2) is 32.7 Å². The molecule has 2 aromatic rings. The predicted molar refractivity (Wildman–Crippen MR) is 99.1 cm³/mol. The van der Waals surface area contributed by atoms with Gasteiger partial charge in [-0.15, -0.1) is 0 Å². The highest BCUT2D eigenvalue weighted by Crippen LogP contribution is 2.24. The second-order valence-corrected chi connectivity index (χ2v) is 8.57. The lowest BCUT2D eigenvalue weighted by molar-refractivity contribution is 0.0939. The maximum Gasteiger partial charge on any atom is 0.251 e. The molecule has 0 aromatic heterocycles. The Bertz CT molecular complexity index is 923. The number of nitrogens with one attached hydrogen (secondary N) is 1. The van der Waals surface area contributed by atoms with E-state index in [2.05, 4.69) is 5.32 Å². The summed E-state index contributed by atoms with van der Waals surface area (Å²) in [6.45, 7) is 5.27. The third kappa shape index (κ3) is 4.11. The van der Waals surface area contributed by atoms with Gasteiger partial charge in [0.2, 0.25) is 10.0 Å². The molecule has 0 heterocycles. The maximum atomic E-state index is 13.0. The Morgan fingerprint density at radius 2 is 1.69 bits per heavy atom. The zero-order chi connectivity index (χ0) is 19.6. The average molecular weight is 378 g/mol. The molecular formula is C19H23FN2O3S. The lowest BCUT2D eigenvalue weighted by atomic mass is 10.0. The van der Waals surface area contributed by atoms with Crippen LogP contribution in [0.15, 0.2) is 41.3 Å². The number of amides is 1. The monoisotopic (exact) mass is 378 g/mol. The van der Waals surface area contributed by atoms with Crippen LogP contribution in [0.25, 0.3) is 0 Å². The third-order valence-electron chi connectivity index (χ3n) is 4.36. The minimum absolute atomic E-state index is 0.113. The van der Waals surface area contributed by atoms with Crippen molar-refractivity contribution in [3.8, 4) is 0 Å². The summed E-state index contributed by atoms with van der Waals surface area (Å²) in [4.78, 5) is 12.7. The molecule has 0 fully saturated rings. The molecular weight excluding hydrogens is 355 g/mol. The van der Waals surface area contributed by atoms with Gasteiger partial charge in [0, 0.05) is 19.7 Å². The Balaban J connectivity index is 2.35. The van der Waals surface area contributed by atoms with E-state index in [1.165, 1.54) is 32.3 Å². The molecule has 1 atom stereocenters. The number of carbonyl (C=O) groups excluding carboxylic acids is 1. The molecule has 0 spiro atoms. The molecule has 0 bridgehead atoms. The van der Waals surface area contributed by atoms with E-state index in [-0.39, 0.29) is 28.2 Å². The quantitative estimate of drug-likeness (QED) is 0.869. The number of halogens is 1. The minimum atomic E-state index is -3.66.